The summed E-state index contributed by atoms with van der Waals surface area (Å²) in [6, 6.07) is 13.5. The monoisotopic (exact) mass is 448 g/mol. The molecule has 2 aromatic rings. The highest BCUT2D eigenvalue weighted by atomic mass is 79.9. The fourth-order valence-corrected chi connectivity index (χ4v) is 3.89. The molecule has 0 bridgehead atoms. The highest BCUT2D eigenvalue weighted by Crippen LogP contribution is 2.23. The Morgan fingerprint density at radius 2 is 1.78 bits per heavy atom. The number of carbonyl (C=O) groups is 3. The van der Waals surface area contributed by atoms with E-state index in [9.17, 15) is 14.4 Å². The van der Waals surface area contributed by atoms with Crippen LogP contribution in [0.3, 0.4) is 0 Å². The predicted octanol–water partition coefficient (Wildman–Crippen LogP) is 3.66. The second-order valence-corrected chi connectivity index (χ2v) is 7.74. The second-order valence-electron chi connectivity index (χ2n) is 6.42. The van der Waals surface area contributed by atoms with E-state index >= 15 is 0 Å². The van der Waals surface area contributed by atoms with E-state index in [1.165, 1.54) is 11.0 Å². The maximum Gasteiger partial charge on any atom is 0.295 e. The zero-order valence-corrected chi connectivity index (χ0v) is 17.0. The van der Waals surface area contributed by atoms with Gasteiger partial charge in [0.05, 0.1) is 5.02 Å². The largest absolute Gasteiger partial charge is 0.335 e. The van der Waals surface area contributed by atoms with E-state index in [0.29, 0.717) is 25.2 Å². The van der Waals surface area contributed by atoms with Crippen LogP contribution in [0.5, 0.6) is 0 Å². The molecule has 1 heterocycles. The molecule has 0 radical (unpaired) electrons. The molecule has 140 valence electrons. The second kappa shape index (κ2) is 8.23. The lowest BCUT2D eigenvalue weighted by molar-refractivity contribution is -0.130. The van der Waals surface area contributed by atoms with Crippen LogP contribution < -0.4 is 0 Å². The first-order valence-corrected chi connectivity index (χ1v) is 9.70. The van der Waals surface area contributed by atoms with Gasteiger partial charge in [0.2, 0.25) is 0 Å². The van der Waals surface area contributed by atoms with E-state index in [0.717, 1.165) is 4.47 Å². The van der Waals surface area contributed by atoms with Gasteiger partial charge in [0.15, 0.2) is 0 Å². The van der Waals surface area contributed by atoms with Crippen LogP contribution >= 0.6 is 27.5 Å². The molecule has 7 heteroatoms. The fourth-order valence-electron chi connectivity index (χ4n) is 3.13. The first kappa shape index (κ1) is 19.6. The Labute approximate surface area is 171 Å². The van der Waals surface area contributed by atoms with Gasteiger partial charge >= 0.3 is 0 Å². The van der Waals surface area contributed by atoms with Gasteiger partial charge in [-0.25, -0.2) is 0 Å². The highest BCUT2D eigenvalue weighted by Gasteiger charge is 2.34. The van der Waals surface area contributed by atoms with Crippen molar-refractivity contribution < 1.29 is 14.4 Å². The zero-order chi connectivity index (χ0) is 19.6. The predicted molar refractivity (Wildman–Crippen MR) is 107 cm³/mol. The molecule has 5 nitrogen and oxygen atoms in total. The third-order valence-corrected chi connectivity index (χ3v) is 5.37. The van der Waals surface area contributed by atoms with Gasteiger partial charge in [0.25, 0.3) is 17.6 Å². The molecule has 2 amide bonds. The lowest BCUT2D eigenvalue weighted by atomic mass is 10.1. The highest BCUT2D eigenvalue weighted by molar-refractivity contribution is 9.10. The quantitative estimate of drug-likeness (QED) is 0.531. The van der Waals surface area contributed by atoms with Crippen molar-refractivity contribution in [1.82, 2.24) is 9.80 Å². The molecule has 1 fully saturated rings. The van der Waals surface area contributed by atoms with E-state index in [-0.39, 0.29) is 22.5 Å². The Balaban J connectivity index is 1.70. The number of hydrogen-bond donors (Lipinski definition) is 0. The van der Waals surface area contributed by atoms with E-state index in [4.69, 9.17) is 11.6 Å². The number of rotatable bonds is 3. The van der Waals surface area contributed by atoms with Crippen molar-refractivity contribution in [3.05, 3.63) is 69.2 Å². The van der Waals surface area contributed by atoms with Gasteiger partial charge in [-0.05, 0) is 37.3 Å². The molecule has 0 aromatic heterocycles. The summed E-state index contributed by atoms with van der Waals surface area (Å²) in [5, 5.41) is 0.230. The molecule has 1 atom stereocenters. The van der Waals surface area contributed by atoms with Crippen molar-refractivity contribution >= 4 is 45.1 Å². The van der Waals surface area contributed by atoms with Crippen molar-refractivity contribution in [2.75, 3.05) is 19.6 Å². The average Bonchev–Trinajstić information content (AvgIpc) is 2.67. The number of hydrogen-bond acceptors (Lipinski definition) is 3. The van der Waals surface area contributed by atoms with Crippen LogP contribution in [0.1, 0.15) is 27.6 Å². The van der Waals surface area contributed by atoms with E-state index in [1.807, 2.05) is 25.1 Å². The first-order valence-electron chi connectivity index (χ1n) is 8.53. The zero-order valence-electron chi connectivity index (χ0n) is 14.7. The van der Waals surface area contributed by atoms with Gasteiger partial charge < -0.3 is 9.80 Å². The van der Waals surface area contributed by atoms with Gasteiger partial charge in [0, 0.05) is 41.3 Å². The molecule has 3 rings (SSSR count). The Kier molecular flexibility index (Phi) is 5.97. The summed E-state index contributed by atoms with van der Waals surface area (Å²) >= 11 is 9.38. The number of amides is 2. The van der Waals surface area contributed by atoms with Crippen LogP contribution in [-0.2, 0) is 4.79 Å². The minimum Gasteiger partial charge on any atom is -0.335 e. The van der Waals surface area contributed by atoms with Crippen LogP contribution in [-0.4, -0.2) is 53.1 Å². The topological polar surface area (TPSA) is 57.7 Å². The SMILES string of the molecule is C[C@@H]1CN(C(=O)c2ccccc2)CCN1C(=O)C(=O)c1ccc(Br)cc1Cl. The van der Waals surface area contributed by atoms with Crippen LogP contribution in [0.15, 0.2) is 53.0 Å². The van der Waals surface area contributed by atoms with Crippen molar-refractivity contribution in [3.8, 4) is 0 Å². The van der Waals surface area contributed by atoms with E-state index < -0.39 is 11.7 Å². The minimum atomic E-state index is -0.637. The number of nitrogens with zero attached hydrogens (tertiary/aromatic N) is 2. The lowest BCUT2D eigenvalue weighted by Crippen LogP contribution is -2.56. The molecule has 0 N–H and O–H groups in total. The van der Waals surface area contributed by atoms with Crippen molar-refractivity contribution in [3.63, 3.8) is 0 Å². The van der Waals surface area contributed by atoms with Crippen molar-refractivity contribution in [2.45, 2.75) is 13.0 Å². The molecular formula is C20H18BrClN2O3. The van der Waals surface area contributed by atoms with Crippen molar-refractivity contribution in [1.29, 1.82) is 0 Å². The Morgan fingerprint density at radius 3 is 2.41 bits per heavy atom. The molecule has 1 aliphatic rings. The number of ketones is 1. The maximum absolute atomic E-state index is 12.7. The summed E-state index contributed by atoms with van der Waals surface area (Å²) in [7, 11) is 0. The molecule has 1 saturated heterocycles. The van der Waals surface area contributed by atoms with Crippen molar-refractivity contribution in [2.24, 2.45) is 0 Å². The summed E-state index contributed by atoms with van der Waals surface area (Å²) < 4.78 is 0.734. The normalized spacial score (nSPS) is 16.9. The van der Waals surface area contributed by atoms with Crippen LogP contribution in [0.2, 0.25) is 5.02 Å². The number of Topliss-reactive ketones (excluding diaryl/α,β-unsaturated/α-hetero) is 1. The number of halogens is 2. The summed E-state index contributed by atoms with van der Waals surface area (Å²) in [5.41, 5.74) is 0.794. The maximum atomic E-state index is 12.7. The smallest absolute Gasteiger partial charge is 0.295 e. The van der Waals surface area contributed by atoms with Gasteiger partial charge in [-0.2, -0.15) is 0 Å². The third-order valence-electron chi connectivity index (χ3n) is 4.57. The Bertz CT molecular complexity index is 888. The summed E-state index contributed by atoms with van der Waals surface area (Å²) in [4.78, 5) is 41.1. The first-order chi connectivity index (χ1) is 12.9. The van der Waals surface area contributed by atoms with E-state index in [1.54, 1.807) is 29.2 Å². The molecule has 2 aromatic carbocycles. The Hall–Kier alpha value is -2.18. The van der Waals surface area contributed by atoms with Gasteiger partial charge in [-0.15, -0.1) is 0 Å². The average molecular weight is 450 g/mol. The summed E-state index contributed by atoms with van der Waals surface area (Å²) in [6.07, 6.45) is 0. The van der Waals surface area contributed by atoms with Gasteiger partial charge in [-0.3, -0.25) is 14.4 Å². The molecule has 0 unspecified atom stereocenters. The number of benzene rings is 2. The third kappa shape index (κ3) is 4.22. The van der Waals surface area contributed by atoms with Gasteiger partial charge in [-0.1, -0.05) is 45.7 Å². The van der Waals surface area contributed by atoms with Crippen LogP contribution in [0.25, 0.3) is 0 Å². The summed E-state index contributed by atoms with van der Waals surface area (Å²) in [5.74, 6) is -1.31. The molecule has 0 saturated carbocycles. The molecule has 0 aliphatic carbocycles. The lowest BCUT2D eigenvalue weighted by Gasteiger charge is -2.39. The van der Waals surface area contributed by atoms with Gasteiger partial charge in [0.1, 0.15) is 0 Å². The molecule has 0 spiro atoms. The fraction of sp³-hybridized carbons (Fsp3) is 0.250. The molecular weight excluding hydrogens is 432 g/mol. The number of carbonyl (C=O) groups excluding carboxylic acids is 3. The Morgan fingerprint density at radius 1 is 1.07 bits per heavy atom. The minimum absolute atomic E-state index is 0.0724. The summed E-state index contributed by atoms with van der Waals surface area (Å²) in [6.45, 7) is 2.89. The number of piperazine rings is 1. The molecule has 27 heavy (non-hydrogen) atoms. The van der Waals surface area contributed by atoms with Crippen LogP contribution in [0, 0.1) is 0 Å². The van der Waals surface area contributed by atoms with Crippen LogP contribution in [0.4, 0.5) is 0 Å². The molecule has 1 aliphatic heterocycles. The standard InChI is InChI=1S/C20H18BrClN2O3/c1-13-12-23(19(26)14-5-3-2-4-6-14)9-10-24(13)20(27)18(25)16-8-7-15(21)11-17(16)22/h2-8,11,13H,9-10,12H2,1H3/t13-/m1/s1. The van der Waals surface area contributed by atoms with E-state index in [2.05, 4.69) is 15.9 Å².